The van der Waals surface area contributed by atoms with Crippen LogP contribution in [0.1, 0.15) is 36.1 Å². The number of carbonyl (C=O) groups excluding carboxylic acids is 2. The Labute approximate surface area is 352 Å². The Bertz CT molecular complexity index is 2740. The van der Waals surface area contributed by atoms with Gasteiger partial charge in [-0.3, -0.25) is 0 Å². The van der Waals surface area contributed by atoms with Gasteiger partial charge in [0.25, 0.3) is 0 Å². The van der Waals surface area contributed by atoms with Gasteiger partial charge >= 0.3 is 11.9 Å². The van der Waals surface area contributed by atoms with Crippen molar-refractivity contribution >= 4 is 57.2 Å². The molecule has 296 valence electrons. The molecule has 0 fully saturated rings. The molecule has 0 spiro atoms. The van der Waals surface area contributed by atoms with Gasteiger partial charge < -0.3 is 19.3 Å². The molecule has 7 aromatic carbocycles. The number of carbonyl (C=O) groups is 2. The van der Waals surface area contributed by atoms with Crippen molar-refractivity contribution in [3.63, 3.8) is 0 Å². The standard InChI is InChI=1S/C54H46N2O4/c1-35(2)53(57)59-51-29-17-41-31-49(27-15-43(41)33-51)56(50-28-16-44-34-52(30-18-42(44)32-50)60-54(58)36(3)4)48-25-13-40(14-26-48)39-11-23-47(24-12-39)55(45-19-7-37(5)8-20-45)46-21-9-38(6)10-22-46/h7-31,33-34,50H,1,3,32H2,2,4-6H3. The molecule has 0 aromatic heterocycles. The summed E-state index contributed by atoms with van der Waals surface area (Å²) < 4.78 is 11.1. The molecule has 0 radical (unpaired) electrons. The molecule has 0 saturated heterocycles. The summed E-state index contributed by atoms with van der Waals surface area (Å²) in [5.74, 6) is 0.0727. The van der Waals surface area contributed by atoms with E-state index in [-0.39, 0.29) is 6.04 Å². The lowest BCUT2D eigenvalue weighted by atomic mass is 9.92. The zero-order valence-electron chi connectivity index (χ0n) is 34.3. The van der Waals surface area contributed by atoms with E-state index >= 15 is 0 Å². The molecule has 1 aliphatic carbocycles. The highest BCUT2D eigenvalue weighted by molar-refractivity contribution is 5.92. The maximum atomic E-state index is 12.2. The first-order valence-electron chi connectivity index (χ1n) is 20.0. The third-order valence-electron chi connectivity index (χ3n) is 10.8. The van der Waals surface area contributed by atoms with Gasteiger partial charge in [-0.1, -0.05) is 103 Å². The molecule has 6 heteroatoms. The van der Waals surface area contributed by atoms with E-state index in [2.05, 4.69) is 164 Å². The van der Waals surface area contributed by atoms with Crippen LogP contribution < -0.4 is 19.3 Å². The van der Waals surface area contributed by atoms with Crippen LogP contribution in [0.5, 0.6) is 11.5 Å². The molecule has 60 heavy (non-hydrogen) atoms. The Balaban J connectivity index is 1.11. The first-order valence-corrected chi connectivity index (χ1v) is 20.0. The summed E-state index contributed by atoms with van der Waals surface area (Å²) in [6.07, 6.45) is 5.04. The monoisotopic (exact) mass is 786 g/mol. The number of anilines is 5. The predicted octanol–water partition coefficient (Wildman–Crippen LogP) is 13.3. The molecule has 1 atom stereocenters. The molecular formula is C54H46N2O4. The van der Waals surface area contributed by atoms with Crippen molar-refractivity contribution in [3.8, 4) is 22.6 Å². The fourth-order valence-corrected chi connectivity index (χ4v) is 7.46. The quantitative estimate of drug-likeness (QED) is 0.0739. The normalized spacial score (nSPS) is 13.0. The van der Waals surface area contributed by atoms with Crippen molar-refractivity contribution in [2.45, 2.75) is 40.2 Å². The van der Waals surface area contributed by atoms with Gasteiger partial charge in [0, 0.05) is 39.6 Å². The van der Waals surface area contributed by atoms with Crippen LogP contribution in [-0.4, -0.2) is 18.0 Å². The fraction of sp³-hybridized carbons (Fsp3) is 0.111. The smallest absolute Gasteiger partial charge is 0.338 e. The Hall–Kier alpha value is -7.44. The molecule has 0 N–H and O–H groups in total. The lowest BCUT2D eigenvalue weighted by Gasteiger charge is -2.34. The third-order valence-corrected chi connectivity index (χ3v) is 10.8. The molecule has 0 heterocycles. The molecule has 1 unspecified atom stereocenters. The largest absolute Gasteiger partial charge is 0.423 e. The van der Waals surface area contributed by atoms with Gasteiger partial charge in [-0.15, -0.1) is 0 Å². The number of aryl methyl sites for hydroxylation is 2. The van der Waals surface area contributed by atoms with Crippen LogP contribution in [0.2, 0.25) is 0 Å². The average molecular weight is 787 g/mol. The van der Waals surface area contributed by atoms with Crippen LogP contribution in [0.15, 0.2) is 182 Å². The summed E-state index contributed by atoms with van der Waals surface area (Å²) in [5.41, 5.74) is 12.9. The van der Waals surface area contributed by atoms with Gasteiger partial charge in [-0.25, -0.2) is 9.59 Å². The van der Waals surface area contributed by atoms with Crippen molar-refractivity contribution in [2.24, 2.45) is 0 Å². The molecule has 0 aliphatic heterocycles. The van der Waals surface area contributed by atoms with Crippen LogP contribution in [0.4, 0.5) is 28.4 Å². The number of fused-ring (bicyclic) bond motifs is 2. The summed E-state index contributed by atoms with van der Waals surface area (Å²) in [6, 6.07) is 52.5. The second-order valence-electron chi connectivity index (χ2n) is 15.5. The molecule has 8 rings (SSSR count). The summed E-state index contributed by atoms with van der Waals surface area (Å²) in [7, 11) is 0. The number of esters is 2. The maximum Gasteiger partial charge on any atom is 0.338 e. The maximum absolute atomic E-state index is 12.2. The highest BCUT2D eigenvalue weighted by Crippen LogP contribution is 2.39. The molecule has 0 saturated carbocycles. The zero-order valence-corrected chi connectivity index (χ0v) is 34.3. The van der Waals surface area contributed by atoms with Crippen LogP contribution in [0, 0.1) is 13.8 Å². The van der Waals surface area contributed by atoms with E-state index < -0.39 is 11.9 Å². The van der Waals surface area contributed by atoms with E-state index in [9.17, 15) is 9.59 Å². The van der Waals surface area contributed by atoms with Gasteiger partial charge in [-0.05, 0) is 152 Å². The zero-order chi connectivity index (χ0) is 41.9. The van der Waals surface area contributed by atoms with Gasteiger partial charge in [0.15, 0.2) is 0 Å². The van der Waals surface area contributed by atoms with E-state index in [1.165, 1.54) is 11.1 Å². The Kier molecular flexibility index (Phi) is 11.0. The number of benzene rings is 7. The van der Waals surface area contributed by atoms with E-state index in [4.69, 9.17) is 9.47 Å². The van der Waals surface area contributed by atoms with Crippen LogP contribution >= 0.6 is 0 Å². The first-order chi connectivity index (χ1) is 29.0. The Morgan fingerprint density at radius 2 is 0.983 bits per heavy atom. The van der Waals surface area contributed by atoms with Crippen molar-refractivity contribution in [1.29, 1.82) is 0 Å². The number of hydrogen-bond acceptors (Lipinski definition) is 6. The first kappa shape index (κ1) is 39.4. The van der Waals surface area contributed by atoms with Crippen molar-refractivity contribution in [2.75, 3.05) is 9.80 Å². The predicted molar refractivity (Wildman–Crippen MR) is 246 cm³/mol. The highest BCUT2D eigenvalue weighted by atomic mass is 16.5. The number of nitrogens with zero attached hydrogens (tertiary/aromatic N) is 2. The molecule has 0 amide bonds. The lowest BCUT2D eigenvalue weighted by molar-refractivity contribution is -0.130. The second kappa shape index (κ2) is 16.8. The number of ether oxygens (including phenoxy) is 2. The summed E-state index contributed by atoms with van der Waals surface area (Å²) in [4.78, 5) is 29.1. The van der Waals surface area contributed by atoms with E-state index in [1.807, 2.05) is 36.4 Å². The van der Waals surface area contributed by atoms with Crippen LogP contribution in [0.3, 0.4) is 0 Å². The van der Waals surface area contributed by atoms with Crippen molar-refractivity contribution < 1.29 is 19.1 Å². The van der Waals surface area contributed by atoms with Crippen molar-refractivity contribution in [1.82, 2.24) is 0 Å². The van der Waals surface area contributed by atoms with Crippen LogP contribution in [0.25, 0.3) is 28.0 Å². The number of hydrogen-bond donors (Lipinski definition) is 0. The van der Waals surface area contributed by atoms with Gasteiger partial charge in [0.05, 0.1) is 6.04 Å². The van der Waals surface area contributed by atoms with E-state index in [0.29, 0.717) is 22.6 Å². The molecule has 1 aliphatic rings. The van der Waals surface area contributed by atoms with E-state index in [0.717, 1.165) is 67.9 Å². The van der Waals surface area contributed by atoms with Gasteiger partial charge in [0.2, 0.25) is 0 Å². The molecular weight excluding hydrogens is 741 g/mol. The average Bonchev–Trinajstić information content (AvgIpc) is 3.25. The topological polar surface area (TPSA) is 59.1 Å². The Morgan fingerprint density at radius 1 is 0.533 bits per heavy atom. The van der Waals surface area contributed by atoms with Gasteiger partial charge in [-0.2, -0.15) is 0 Å². The summed E-state index contributed by atoms with van der Waals surface area (Å²) in [6.45, 7) is 14.9. The minimum absolute atomic E-state index is 0.0192. The highest BCUT2D eigenvalue weighted by Gasteiger charge is 2.24. The molecule has 0 bridgehead atoms. The minimum Gasteiger partial charge on any atom is -0.423 e. The lowest BCUT2D eigenvalue weighted by Crippen LogP contribution is -2.33. The van der Waals surface area contributed by atoms with E-state index in [1.54, 1.807) is 13.8 Å². The van der Waals surface area contributed by atoms with Crippen LogP contribution in [-0.2, 0) is 16.0 Å². The summed E-state index contributed by atoms with van der Waals surface area (Å²) >= 11 is 0. The fourth-order valence-electron chi connectivity index (χ4n) is 7.46. The molecule has 7 aromatic rings. The third kappa shape index (κ3) is 8.54. The molecule has 6 nitrogen and oxygen atoms in total. The Morgan fingerprint density at radius 3 is 1.53 bits per heavy atom. The number of rotatable bonds is 11. The summed E-state index contributed by atoms with van der Waals surface area (Å²) in [5, 5.41) is 1.97. The second-order valence-corrected chi connectivity index (χ2v) is 15.5. The minimum atomic E-state index is -0.450. The van der Waals surface area contributed by atoms with Crippen molar-refractivity contribution in [3.05, 3.63) is 204 Å². The van der Waals surface area contributed by atoms with Gasteiger partial charge in [0.1, 0.15) is 11.5 Å². The SMILES string of the molecule is C=C(C)C(=O)Oc1ccc2c(c1)C=CC(N(c1ccc(-c3ccc(N(c4ccc(C)cc4)c4ccc(C)cc4)cc3)cc1)c1ccc3cc(OC(=O)C(=C)C)ccc3c1)C2.